The van der Waals surface area contributed by atoms with Crippen LogP contribution in [0.1, 0.15) is 16.1 Å². The number of carboxylic acid groups (broad SMARTS) is 1. The van der Waals surface area contributed by atoms with Gasteiger partial charge in [-0.25, -0.2) is 9.18 Å². The van der Waals surface area contributed by atoms with E-state index in [2.05, 4.69) is 4.98 Å². The summed E-state index contributed by atoms with van der Waals surface area (Å²) >= 11 is 0. The first kappa shape index (κ1) is 13.9. The molecule has 5 nitrogen and oxygen atoms in total. The Balaban J connectivity index is 2.57. The smallest absolute Gasteiger partial charge is 0.338 e. The fourth-order valence-electron chi connectivity index (χ4n) is 2.59. The van der Waals surface area contributed by atoms with Crippen molar-refractivity contribution in [3.8, 4) is 5.69 Å². The van der Waals surface area contributed by atoms with E-state index in [1.165, 1.54) is 36.0 Å². The van der Waals surface area contributed by atoms with Crippen LogP contribution < -0.4 is 5.56 Å². The Bertz CT molecular complexity index is 949. The summed E-state index contributed by atoms with van der Waals surface area (Å²) in [6.45, 7) is 1.52. The summed E-state index contributed by atoms with van der Waals surface area (Å²) in [5, 5.41) is 9.31. The Morgan fingerprint density at radius 2 is 2.05 bits per heavy atom. The molecule has 2 heterocycles. The Morgan fingerprint density at radius 3 is 2.68 bits per heavy atom. The van der Waals surface area contributed by atoms with E-state index in [4.69, 9.17) is 0 Å². The van der Waals surface area contributed by atoms with Gasteiger partial charge in [0.25, 0.3) is 5.56 Å². The molecule has 3 rings (SSSR count). The van der Waals surface area contributed by atoms with Gasteiger partial charge in [0.15, 0.2) is 0 Å². The monoisotopic (exact) mass is 298 g/mol. The van der Waals surface area contributed by atoms with Crippen molar-refractivity contribution >= 4 is 16.7 Å². The van der Waals surface area contributed by atoms with E-state index in [0.29, 0.717) is 5.69 Å². The third-order valence-electron chi connectivity index (χ3n) is 3.52. The minimum Gasteiger partial charge on any atom is -0.478 e. The quantitative estimate of drug-likeness (QED) is 0.789. The Hall–Kier alpha value is -3.02. The Morgan fingerprint density at radius 1 is 1.27 bits per heavy atom. The van der Waals surface area contributed by atoms with Crippen LogP contribution in [0.15, 0.2) is 47.5 Å². The van der Waals surface area contributed by atoms with E-state index in [0.717, 1.165) is 6.07 Å². The van der Waals surface area contributed by atoms with Crippen LogP contribution in [0.25, 0.3) is 16.5 Å². The molecule has 0 spiro atoms. The molecular weight excluding hydrogens is 287 g/mol. The number of benzene rings is 1. The number of rotatable bonds is 2. The van der Waals surface area contributed by atoms with Gasteiger partial charge in [0, 0.05) is 17.3 Å². The molecule has 1 aromatic carbocycles. The van der Waals surface area contributed by atoms with Gasteiger partial charge in [-0.2, -0.15) is 0 Å². The lowest BCUT2D eigenvalue weighted by atomic mass is 10.0. The summed E-state index contributed by atoms with van der Waals surface area (Å²) in [6.07, 6.45) is 2.95. The molecule has 0 aliphatic carbocycles. The molecule has 0 unspecified atom stereocenters. The van der Waals surface area contributed by atoms with Gasteiger partial charge in [-0.3, -0.25) is 14.3 Å². The lowest BCUT2D eigenvalue weighted by Crippen LogP contribution is -2.25. The van der Waals surface area contributed by atoms with Crippen molar-refractivity contribution < 1.29 is 14.3 Å². The molecule has 0 aliphatic heterocycles. The van der Waals surface area contributed by atoms with Crippen LogP contribution in [-0.4, -0.2) is 20.6 Å². The first-order valence-corrected chi connectivity index (χ1v) is 6.50. The molecule has 0 amide bonds. The van der Waals surface area contributed by atoms with Gasteiger partial charge in [0.1, 0.15) is 5.82 Å². The number of carboxylic acids is 1. The van der Waals surface area contributed by atoms with Gasteiger partial charge in [0.2, 0.25) is 0 Å². The van der Waals surface area contributed by atoms with E-state index < -0.39 is 17.3 Å². The number of hydrogen-bond donors (Lipinski definition) is 1. The fourth-order valence-corrected chi connectivity index (χ4v) is 2.59. The summed E-state index contributed by atoms with van der Waals surface area (Å²) in [5.74, 6) is -1.96. The third-order valence-corrected chi connectivity index (χ3v) is 3.52. The lowest BCUT2D eigenvalue weighted by Gasteiger charge is -2.15. The first-order chi connectivity index (χ1) is 10.5. The largest absolute Gasteiger partial charge is 0.478 e. The van der Waals surface area contributed by atoms with Crippen molar-refractivity contribution in [2.24, 2.45) is 0 Å². The molecule has 2 aromatic heterocycles. The van der Waals surface area contributed by atoms with Gasteiger partial charge >= 0.3 is 5.97 Å². The second-order valence-electron chi connectivity index (χ2n) is 4.78. The van der Waals surface area contributed by atoms with Crippen LogP contribution in [0.3, 0.4) is 0 Å². The number of nitrogens with zero attached hydrogens (tertiary/aromatic N) is 2. The number of carbonyl (C=O) groups is 1. The second kappa shape index (κ2) is 5.07. The minimum atomic E-state index is -1.22. The fraction of sp³-hybridized carbons (Fsp3) is 0.0625. The highest BCUT2D eigenvalue weighted by Crippen LogP contribution is 2.23. The highest BCUT2D eigenvalue weighted by atomic mass is 19.1. The van der Waals surface area contributed by atoms with E-state index in [1.54, 1.807) is 12.1 Å². The van der Waals surface area contributed by atoms with Crippen LogP contribution in [0, 0.1) is 12.7 Å². The highest BCUT2D eigenvalue weighted by Gasteiger charge is 2.21. The highest BCUT2D eigenvalue weighted by molar-refractivity contribution is 6.04. The van der Waals surface area contributed by atoms with Crippen LogP contribution in [0.4, 0.5) is 4.39 Å². The molecule has 0 saturated carbocycles. The third kappa shape index (κ3) is 1.96. The minimum absolute atomic E-state index is 0.0927. The molecule has 3 aromatic rings. The second-order valence-corrected chi connectivity index (χ2v) is 4.78. The van der Waals surface area contributed by atoms with Crippen LogP contribution >= 0.6 is 0 Å². The number of hydrogen-bond acceptors (Lipinski definition) is 3. The van der Waals surface area contributed by atoms with Gasteiger partial charge in [-0.05, 0) is 25.1 Å². The van der Waals surface area contributed by atoms with Crippen LogP contribution in [0.2, 0.25) is 0 Å². The van der Waals surface area contributed by atoms with Crippen molar-refractivity contribution in [3.63, 3.8) is 0 Å². The van der Waals surface area contributed by atoms with Gasteiger partial charge in [-0.1, -0.05) is 12.1 Å². The molecule has 0 bridgehead atoms. The van der Waals surface area contributed by atoms with Crippen molar-refractivity contribution in [2.45, 2.75) is 6.92 Å². The number of aromatic carboxylic acids is 1. The van der Waals surface area contributed by atoms with E-state index in [-0.39, 0.29) is 22.0 Å². The molecule has 0 saturated heterocycles. The maximum absolute atomic E-state index is 14.1. The Kier molecular flexibility index (Phi) is 3.21. The van der Waals surface area contributed by atoms with Crippen molar-refractivity contribution in [1.29, 1.82) is 0 Å². The van der Waals surface area contributed by atoms with Gasteiger partial charge < -0.3 is 5.11 Å². The average molecular weight is 298 g/mol. The molecule has 110 valence electrons. The first-order valence-electron chi connectivity index (χ1n) is 6.50. The lowest BCUT2D eigenvalue weighted by molar-refractivity contribution is 0.0697. The molecule has 6 heteroatoms. The van der Waals surface area contributed by atoms with Gasteiger partial charge in [0.05, 0.1) is 22.8 Å². The topological polar surface area (TPSA) is 72.2 Å². The zero-order chi connectivity index (χ0) is 15.9. The van der Waals surface area contributed by atoms with Crippen molar-refractivity contribution in [3.05, 3.63) is 70.2 Å². The van der Waals surface area contributed by atoms with E-state index in [1.807, 2.05) is 0 Å². The predicted octanol–water partition coefficient (Wildman–Crippen LogP) is 2.53. The Labute approximate surface area is 124 Å². The SMILES string of the molecule is Cc1c(C(=O)O)c2cccc(F)c2c(=O)n1-c1cccnc1. The molecule has 0 aliphatic rings. The molecule has 0 radical (unpaired) electrons. The van der Waals surface area contributed by atoms with Crippen molar-refractivity contribution in [2.75, 3.05) is 0 Å². The number of halogens is 1. The zero-order valence-electron chi connectivity index (χ0n) is 11.6. The van der Waals surface area contributed by atoms with Crippen molar-refractivity contribution in [1.82, 2.24) is 9.55 Å². The summed E-state index contributed by atoms with van der Waals surface area (Å²) in [4.78, 5) is 28.2. The average Bonchev–Trinajstić information content (AvgIpc) is 2.48. The molecule has 0 atom stereocenters. The number of aromatic nitrogens is 2. The summed E-state index contributed by atoms with van der Waals surface area (Å²) in [6, 6.07) is 7.19. The van der Waals surface area contributed by atoms with Crippen LogP contribution in [0.5, 0.6) is 0 Å². The maximum Gasteiger partial charge on any atom is 0.338 e. The molecule has 1 N–H and O–H groups in total. The molecule has 22 heavy (non-hydrogen) atoms. The van der Waals surface area contributed by atoms with Crippen LogP contribution in [-0.2, 0) is 0 Å². The van der Waals surface area contributed by atoms with E-state index in [9.17, 15) is 19.1 Å². The number of fused-ring (bicyclic) bond motifs is 1. The van der Waals surface area contributed by atoms with E-state index >= 15 is 0 Å². The summed E-state index contributed by atoms with van der Waals surface area (Å²) < 4.78 is 15.3. The summed E-state index contributed by atoms with van der Waals surface area (Å²) in [5.41, 5.74) is -0.0946. The number of pyridine rings is 2. The molecule has 0 fully saturated rings. The standard InChI is InChI=1S/C16H11FN2O3/c1-9-13(16(21)22)11-5-2-6-12(17)14(11)15(20)19(9)10-4-3-7-18-8-10/h2-8H,1H3,(H,21,22). The summed E-state index contributed by atoms with van der Waals surface area (Å²) in [7, 11) is 0. The maximum atomic E-state index is 14.1. The normalized spacial score (nSPS) is 10.8. The zero-order valence-corrected chi connectivity index (χ0v) is 11.6. The predicted molar refractivity (Wildman–Crippen MR) is 79.0 cm³/mol. The molecular formula is C16H11FN2O3. The van der Waals surface area contributed by atoms with Gasteiger partial charge in [-0.15, -0.1) is 0 Å².